The molecule has 1 aromatic carbocycles. The number of hydrogen-bond acceptors (Lipinski definition) is 2. The molecule has 0 amide bonds. The molecule has 0 atom stereocenters. The molecule has 3 nitrogen and oxygen atoms in total. The standard InChI is InChI=1S/C12H17Cl2N3S/c1-17(2)7-3-6-15-12(18)16-9-4-5-10(13)11(14)8-9/h4-5,8H,3,6-7H2,1-2H3,(H2,15,16,18). The minimum absolute atomic E-state index is 0.511. The first-order chi connectivity index (χ1) is 8.49. The molecular weight excluding hydrogens is 289 g/mol. The van der Waals surface area contributed by atoms with Gasteiger partial charge in [-0.15, -0.1) is 0 Å². The minimum Gasteiger partial charge on any atom is -0.362 e. The van der Waals surface area contributed by atoms with Gasteiger partial charge in [0.25, 0.3) is 0 Å². The van der Waals surface area contributed by atoms with Crippen LogP contribution in [0.15, 0.2) is 18.2 Å². The summed E-state index contributed by atoms with van der Waals surface area (Å²) in [6.45, 7) is 1.87. The first-order valence-corrected chi connectivity index (χ1v) is 6.80. The smallest absolute Gasteiger partial charge is 0.170 e. The van der Waals surface area contributed by atoms with E-state index in [2.05, 4.69) is 15.5 Å². The summed E-state index contributed by atoms with van der Waals surface area (Å²) in [7, 11) is 4.10. The molecule has 0 saturated heterocycles. The molecule has 0 bridgehead atoms. The van der Waals surface area contributed by atoms with Crippen molar-refractivity contribution in [2.24, 2.45) is 0 Å². The minimum atomic E-state index is 0.511. The first-order valence-electron chi connectivity index (χ1n) is 5.63. The molecule has 0 aliphatic rings. The van der Waals surface area contributed by atoms with Gasteiger partial charge in [0.15, 0.2) is 5.11 Å². The molecule has 0 radical (unpaired) electrons. The Morgan fingerprint density at radius 1 is 1.28 bits per heavy atom. The summed E-state index contributed by atoms with van der Waals surface area (Å²) in [5, 5.41) is 7.84. The normalized spacial score (nSPS) is 10.5. The van der Waals surface area contributed by atoms with Crippen LogP contribution in [0.5, 0.6) is 0 Å². The van der Waals surface area contributed by atoms with Crippen molar-refractivity contribution >= 4 is 46.2 Å². The van der Waals surface area contributed by atoms with Crippen LogP contribution >= 0.6 is 35.4 Å². The maximum atomic E-state index is 5.92. The van der Waals surface area contributed by atoms with Gasteiger partial charge in [-0.1, -0.05) is 23.2 Å². The highest BCUT2D eigenvalue weighted by Gasteiger charge is 2.01. The summed E-state index contributed by atoms with van der Waals surface area (Å²) < 4.78 is 0. The van der Waals surface area contributed by atoms with E-state index in [1.54, 1.807) is 12.1 Å². The van der Waals surface area contributed by atoms with Crippen molar-refractivity contribution in [3.05, 3.63) is 28.2 Å². The van der Waals surface area contributed by atoms with Crippen LogP contribution in [0.25, 0.3) is 0 Å². The molecule has 2 N–H and O–H groups in total. The predicted molar refractivity (Wildman–Crippen MR) is 83.9 cm³/mol. The van der Waals surface area contributed by atoms with E-state index in [1.165, 1.54) is 0 Å². The summed E-state index contributed by atoms with van der Waals surface area (Å²) in [5.74, 6) is 0. The van der Waals surface area contributed by atoms with E-state index >= 15 is 0 Å². The van der Waals surface area contributed by atoms with Crippen molar-refractivity contribution in [3.8, 4) is 0 Å². The van der Waals surface area contributed by atoms with Crippen LogP contribution < -0.4 is 10.6 Å². The zero-order chi connectivity index (χ0) is 13.5. The molecule has 100 valence electrons. The van der Waals surface area contributed by atoms with Gasteiger partial charge in [-0.2, -0.15) is 0 Å². The number of hydrogen-bond donors (Lipinski definition) is 2. The van der Waals surface area contributed by atoms with E-state index in [9.17, 15) is 0 Å². The average molecular weight is 306 g/mol. The maximum Gasteiger partial charge on any atom is 0.170 e. The molecule has 0 aliphatic heterocycles. The summed E-state index contributed by atoms with van der Waals surface area (Å²) in [5.41, 5.74) is 0.828. The number of nitrogens with zero attached hydrogens (tertiary/aromatic N) is 1. The van der Waals surface area contributed by atoms with Crippen molar-refractivity contribution in [1.82, 2.24) is 10.2 Å². The SMILES string of the molecule is CN(C)CCCNC(=S)Nc1ccc(Cl)c(Cl)c1. The van der Waals surface area contributed by atoms with E-state index in [4.69, 9.17) is 35.4 Å². The van der Waals surface area contributed by atoms with Crippen molar-refractivity contribution in [2.75, 3.05) is 32.5 Å². The Morgan fingerprint density at radius 2 is 2.00 bits per heavy atom. The number of rotatable bonds is 5. The Morgan fingerprint density at radius 3 is 2.61 bits per heavy atom. The second-order valence-electron chi connectivity index (χ2n) is 4.17. The Kier molecular flexibility index (Phi) is 6.71. The molecule has 0 aromatic heterocycles. The van der Waals surface area contributed by atoms with Gasteiger partial charge in [-0.05, 0) is 57.5 Å². The van der Waals surface area contributed by atoms with Gasteiger partial charge in [-0.25, -0.2) is 0 Å². The van der Waals surface area contributed by atoms with Crippen molar-refractivity contribution in [2.45, 2.75) is 6.42 Å². The van der Waals surface area contributed by atoms with Crippen LogP contribution in [0, 0.1) is 0 Å². The molecule has 0 heterocycles. The Bertz CT molecular complexity index is 410. The van der Waals surface area contributed by atoms with Gasteiger partial charge in [0, 0.05) is 12.2 Å². The number of benzene rings is 1. The van der Waals surface area contributed by atoms with Crippen LogP contribution in [0.2, 0.25) is 10.0 Å². The molecule has 0 spiro atoms. The zero-order valence-electron chi connectivity index (χ0n) is 10.5. The molecule has 1 aromatic rings. The van der Waals surface area contributed by atoms with Gasteiger partial charge in [0.05, 0.1) is 10.0 Å². The van der Waals surface area contributed by atoms with Crippen LogP contribution in [-0.2, 0) is 0 Å². The molecular formula is C12H17Cl2N3S. The van der Waals surface area contributed by atoms with E-state index in [-0.39, 0.29) is 0 Å². The number of anilines is 1. The Labute approximate surface area is 123 Å². The maximum absolute atomic E-state index is 5.92. The third kappa shape index (κ3) is 5.87. The van der Waals surface area contributed by atoms with Gasteiger partial charge < -0.3 is 15.5 Å². The van der Waals surface area contributed by atoms with Crippen LogP contribution in [0.4, 0.5) is 5.69 Å². The van der Waals surface area contributed by atoms with Crippen LogP contribution in [0.3, 0.4) is 0 Å². The lowest BCUT2D eigenvalue weighted by molar-refractivity contribution is 0.400. The van der Waals surface area contributed by atoms with Crippen LogP contribution in [0.1, 0.15) is 6.42 Å². The third-order valence-electron chi connectivity index (χ3n) is 2.25. The fourth-order valence-corrected chi connectivity index (χ4v) is 1.86. The van der Waals surface area contributed by atoms with E-state index in [0.717, 1.165) is 25.2 Å². The molecule has 0 aliphatic carbocycles. The van der Waals surface area contributed by atoms with E-state index in [0.29, 0.717) is 15.2 Å². The van der Waals surface area contributed by atoms with Crippen molar-refractivity contribution in [1.29, 1.82) is 0 Å². The van der Waals surface area contributed by atoms with E-state index < -0.39 is 0 Å². The fourth-order valence-electron chi connectivity index (χ4n) is 1.35. The van der Waals surface area contributed by atoms with Crippen molar-refractivity contribution < 1.29 is 0 Å². The van der Waals surface area contributed by atoms with Gasteiger partial charge in [0.2, 0.25) is 0 Å². The first kappa shape index (κ1) is 15.5. The summed E-state index contributed by atoms with van der Waals surface area (Å²) in [4.78, 5) is 2.14. The summed E-state index contributed by atoms with van der Waals surface area (Å²) in [6, 6.07) is 5.32. The molecule has 0 unspecified atom stereocenters. The fraction of sp³-hybridized carbons (Fsp3) is 0.417. The summed E-state index contributed by atoms with van der Waals surface area (Å²) >= 11 is 16.9. The van der Waals surface area contributed by atoms with Crippen LogP contribution in [-0.4, -0.2) is 37.2 Å². The second kappa shape index (κ2) is 7.79. The Balaban J connectivity index is 2.33. The average Bonchev–Trinajstić information content (AvgIpc) is 2.29. The van der Waals surface area contributed by atoms with Crippen molar-refractivity contribution in [3.63, 3.8) is 0 Å². The highest BCUT2D eigenvalue weighted by molar-refractivity contribution is 7.80. The lowest BCUT2D eigenvalue weighted by Crippen LogP contribution is -2.30. The number of halogens is 2. The highest BCUT2D eigenvalue weighted by atomic mass is 35.5. The lowest BCUT2D eigenvalue weighted by atomic mass is 10.3. The summed E-state index contributed by atoms with van der Waals surface area (Å²) in [6.07, 6.45) is 1.04. The number of thiocarbonyl (C=S) groups is 1. The Hall–Kier alpha value is -0.550. The predicted octanol–water partition coefficient (Wildman–Crippen LogP) is 3.23. The van der Waals surface area contributed by atoms with Gasteiger partial charge in [-0.3, -0.25) is 0 Å². The monoisotopic (exact) mass is 305 g/mol. The topological polar surface area (TPSA) is 27.3 Å². The molecule has 0 fully saturated rings. The molecule has 18 heavy (non-hydrogen) atoms. The quantitative estimate of drug-likeness (QED) is 0.645. The van der Waals surface area contributed by atoms with Gasteiger partial charge >= 0.3 is 0 Å². The molecule has 0 saturated carbocycles. The number of nitrogens with one attached hydrogen (secondary N) is 2. The van der Waals surface area contributed by atoms with E-state index in [1.807, 2.05) is 20.2 Å². The molecule has 1 rings (SSSR count). The third-order valence-corrected chi connectivity index (χ3v) is 3.23. The lowest BCUT2D eigenvalue weighted by Gasteiger charge is -2.12. The largest absolute Gasteiger partial charge is 0.362 e. The zero-order valence-corrected chi connectivity index (χ0v) is 12.8. The van der Waals surface area contributed by atoms with Gasteiger partial charge in [0.1, 0.15) is 0 Å². The second-order valence-corrected chi connectivity index (χ2v) is 5.39. The molecule has 6 heteroatoms. The highest BCUT2D eigenvalue weighted by Crippen LogP contribution is 2.24.